The number of anilines is 1. The van der Waals surface area contributed by atoms with Gasteiger partial charge in [-0.05, 0) is 18.2 Å². The molecule has 2 N–H and O–H groups in total. The number of nitrogens with two attached hydrogens (primary N) is 1. The number of aryl methyl sites for hydroxylation is 2. The Morgan fingerprint density at radius 3 is 3.06 bits per heavy atom. The predicted octanol–water partition coefficient (Wildman–Crippen LogP) is 2.01. The molecule has 18 heavy (non-hydrogen) atoms. The minimum Gasteiger partial charge on any atom is -0.369 e. The third kappa shape index (κ3) is 1.97. The number of nitrogen functional groups attached to an aromatic ring is 1. The van der Waals surface area contributed by atoms with Gasteiger partial charge < -0.3 is 14.8 Å². The van der Waals surface area contributed by atoms with Gasteiger partial charge in [-0.15, -0.1) is 0 Å². The van der Waals surface area contributed by atoms with Crippen molar-refractivity contribution >= 4 is 32.9 Å². The fourth-order valence-corrected chi connectivity index (χ4v) is 2.22. The molecule has 0 bridgehead atoms. The predicted molar refractivity (Wildman–Crippen MR) is 69.8 cm³/mol. The summed E-state index contributed by atoms with van der Waals surface area (Å²) in [4.78, 5) is 8.30. The van der Waals surface area contributed by atoms with E-state index in [9.17, 15) is 0 Å². The molecule has 0 saturated carbocycles. The van der Waals surface area contributed by atoms with Crippen LogP contribution in [0.4, 0.5) is 5.95 Å². The standard InChI is InChI=1S/C11H10BrN5O/c12-7-1-2-9-8(5-7)15-11(13)17(9)4-3-10-14-6-18-16-10/h1-2,5-6H,3-4H2,(H2,13,15). The Bertz CT molecular complexity index is 676. The third-order valence-electron chi connectivity index (χ3n) is 2.71. The zero-order valence-corrected chi connectivity index (χ0v) is 11.0. The highest BCUT2D eigenvalue weighted by atomic mass is 79.9. The average Bonchev–Trinajstić information content (AvgIpc) is 2.93. The number of rotatable bonds is 3. The first-order chi connectivity index (χ1) is 8.74. The highest BCUT2D eigenvalue weighted by molar-refractivity contribution is 9.10. The van der Waals surface area contributed by atoms with E-state index in [1.165, 1.54) is 6.39 Å². The Balaban J connectivity index is 1.93. The van der Waals surface area contributed by atoms with Gasteiger partial charge in [0.1, 0.15) is 0 Å². The number of aromatic nitrogens is 4. The molecule has 0 amide bonds. The molecule has 0 aliphatic heterocycles. The molecule has 6 nitrogen and oxygen atoms in total. The SMILES string of the molecule is Nc1nc2cc(Br)ccc2n1CCc1ncon1. The maximum absolute atomic E-state index is 5.92. The summed E-state index contributed by atoms with van der Waals surface area (Å²) in [6.07, 6.45) is 1.98. The maximum Gasteiger partial charge on any atom is 0.213 e. The molecule has 0 radical (unpaired) electrons. The van der Waals surface area contributed by atoms with Gasteiger partial charge in [0, 0.05) is 17.4 Å². The van der Waals surface area contributed by atoms with Crippen LogP contribution in [0, 0.1) is 0 Å². The molecule has 3 aromatic rings. The molecular formula is C11H10BrN5O. The summed E-state index contributed by atoms with van der Waals surface area (Å²) in [5, 5.41) is 3.77. The van der Waals surface area contributed by atoms with Gasteiger partial charge in [-0.2, -0.15) is 4.98 Å². The van der Waals surface area contributed by atoms with Gasteiger partial charge in [-0.3, -0.25) is 0 Å². The Labute approximate surface area is 111 Å². The highest BCUT2D eigenvalue weighted by Gasteiger charge is 2.09. The Morgan fingerprint density at radius 1 is 1.39 bits per heavy atom. The lowest BCUT2D eigenvalue weighted by molar-refractivity contribution is 0.408. The van der Waals surface area contributed by atoms with Crippen LogP contribution in [0.2, 0.25) is 0 Å². The van der Waals surface area contributed by atoms with Gasteiger partial charge in [0.2, 0.25) is 12.3 Å². The van der Waals surface area contributed by atoms with Crippen LogP contribution in [0.25, 0.3) is 11.0 Å². The van der Waals surface area contributed by atoms with Crippen molar-refractivity contribution in [2.45, 2.75) is 13.0 Å². The van der Waals surface area contributed by atoms with E-state index in [4.69, 9.17) is 10.3 Å². The first-order valence-corrected chi connectivity index (χ1v) is 6.20. The fourth-order valence-electron chi connectivity index (χ4n) is 1.87. The van der Waals surface area contributed by atoms with E-state index in [-0.39, 0.29) is 0 Å². The summed E-state index contributed by atoms with van der Waals surface area (Å²) in [6, 6.07) is 5.89. The number of hydrogen-bond donors (Lipinski definition) is 1. The molecular weight excluding hydrogens is 298 g/mol. The van der Waals surface area contributed by atoms with Crippen LogP contribution in [0.3, 0.4) is 0 Å². The molecule has 0 fully saturated rings. The van der Waals surface area contributed by atoms with E-state index in [2.05, 4.69) is 31.1 Å². The first-order valence-electron chi connectivity index (χ1n) is 5.40. The molecule has 7 heteroatoms. The van der Waals surface area contributed by atoms with E-state index >= 15 is 0 Å². The van der Waals surface area contributed by atoms with Crippen LogP contribution in [0.1, 0.15) is 5.82 Å². The number of nitrogens with zero attached hydrogens (tertiary/aromatic N) is 4. The lowest BCUT2D eigenvalue weighted by atomic mass is 10.3. The average molecular weight is 308 g/mol. The van der Waals surface area contributed by atoms with Crippen LogP contribution in [-0.2, 0) is 13.0 Å². The van der Waals surface area contributed by atoms with Gasteiger partial charge in [0.15, 0.2) is 5.82 Å². The van der Waals surface area contributed by atoms with Crippen molar-refractivity contribution in [3.05, 3.63) is 34.9 Å². The molecule has 0 saturated heterocycles. The molecule has 92 valence electrons. The minimum absolute atomic E-state index is 0.492. The Morgan fingerprint density at radius 2 is 2.28 bits per heavy atom. The summed E-state index contributed by atoms with van der Waals surface area (Å²) < 4.78 is 7.62. The van der Waals surface area contributed by atoms with Crippen molar-refractivity contribution in [2.75, 3.05) is 5.73 Å². The Hall–Kier alpha value is -1.89. The monoisotopic (exact) mass is 307 g/mol. The number of benzene rings is 1. The minimum atomic E-state index is 0.492. The molecule has 0 unspecified atom stereocenters. The van der Waals surface area contributed by atoms with Gasteiger partial charge in [-0.1, -0.05) is 21.1 Å². The van der Waals surface area contributed by atoms with Crippen molar-refractivity contribution in [3.63, 3.8) is 0 Å². The van der Waals surface area contributed by atoms with Crippen molar-refractivity contribution in [2.24, 2.45) is 0 Å². The second-order valence-electron chi connectivity index (χ2n) is 3.85. The van der Waals surface area contributed by atoms with Gasteiger partial charge in [0.05, 0.1) is 11.0 Å². The molecule has 0 spiro atoms. The first kappa shape index (κ1) is 11.2. The van der Waals surface area contributed by atoms with Crippen LogP contribution < -0.4 is 5.73 Å². The van der Waals surface area contributed by atoms with Crippen LogP contribution >= 0.6 is 15.9 Å². The maximum atomic E-state index is 5.92. The lowest BCUT2D eigenvalue weighted by Gasteiger charge is -2.04. The molecule has 1 aromatic carbocycles. The van der Waals surface area contributed by atoms with E-state index in [0.717, 1.165) is 15.5 Å². The number of hydrogen-bond acceptors (Lipinski definition) is 5. The summed E-state index contributed by atoms with van der Waals surface area (Å²) in [6.45, 7) is 0.670. The Kier molecular flexibility index (Phi) is 2.75. The normalized spacial score (nSPS) is 11.2. The highest BCUT2D eigenvalue weighted by Crippen LogP contribution is 2.22. The lowest BCUT2D eigenvalue weighted by Crippen LogP contribution is -2.06. The molecule has 0 atom stereocenters. The van der Waals surface area contributed by atoms with Gasteiger partial charge >= 0.3 is 0 Å². The zero-order valence-electron chi connectivity index (χ0n) is 9.38. The fraction of sp³-hybridized carbons (Fsp3) is 0.182. The summed E-state index contributed by atoms with van der Waals surface area (Å²) in [5.41, 5.74) is 7.78. The second kappa shape index (κ2) is 4.41. The summed E-state index contributed by atoms with van der Waals surface area (Å²) in [5.74, 6) is 1.15. The van der Waals surface area contributed by atoms with Crippen molar-refractivity contribution in [1.29, 1.82) is 0 Å². The molecule has 2 heterocycles. The number of imidazole rings is 1. The van der Waals surface area contributed by atoms with Crippen molar-refractivity contribution in [1.82, 2.24) is 19.7 Å². The van der Waals surface area contributed by atoms with Crippen LogP contribution in [0.15, 0.2) is 33.6 Å². The van der Waals surface area contributed by atoms with E-state index in [0.29, 0.717) is 24.7 Å². The molecule has 0 aliphatic carbocycles. The summed E-state index contributed by atoms with van der Waals surface area (Å²) in [7, 11) is 0. The molecule has 0 aliphatic rings. The quantitative estimate of drug-likeness (QED) is 0.800. The van der Waals surface area contributed by atoms with Crippen LogP contribution in [0.5, 0.6) is 0 Å². The molecule has 3 rings (SSSR count). The van der Waals surface area contributed by atoms with E-state index in [1.807, 2.05) is 22.8 Å². The van der Waals surface area contributed by atoms with E-state index < -0.39 is 0 Å². The zero-order chi connectivity index (χ0) is 12.5. The topological polar surface area (TPSA) is 82.8 Å². The van der Waals surface area contributed by atoms with Crippen molar-refractivity contribution in [3.8, 4) is 0 Å². The molecule has 2 aromatic heterocycles. The largest absolute Gasteiger partial charge is 0.369 e. The van der Waals surface area contributed by atoms with E-state index in [1.54, 1.807) is 0 Å². The third-order valence-corrected chi connectivity index (χ3v) is 3.20. The number of halogens is 1. The number of fused-ring (bicyclic) bond motifs is 1. The van der Waals surface area contributed by atoms with Crippen molar-refractivity contribution < 1.29 is 4.52 Å². The summed E-state index contributed by atoms with van der Waals surface area (Å²) >= 11 is 3.41. The van der Waals surface area contributed by atoms with Gasteiger partial charge in [0.25, 0.3) is 0 Å². The van der Waals surface area contributed by atoms with Crippen LogP contribution in [-0.4, -0.2) is 19.7 Å². The smallest absolute Gasteiger partial charge is 0.213 e. The van der Waals surface area contributed by atoms with Gasteiger partial charge in [-0.25, -0.2) is 4.98 Å². The second-order valence-corrected chi connectivity index (χ2v) is 4.77.